The van der Waals surface area contributed by atoms with E-state index in [4.69, 9.17) is 0 Å². The number of hydrogen-bond acceptors (Lipinski definition) is 2. The highest BCUT2D eigenvalue weighted by atomic mass is 16.3. The van der Waals surface area contributed by atoms with Crippen LogP contribution >= 0.6 is 0 Å². The van der Waals surface area contributed by atoms with Crippen LogP contribution in [0.5, 0.6) is 0 Å². The van der Waals surface area contributed by atoms with Gasteiger partial charge in [0.05, 0.1) is 6.10 Å². The fraction of sp³-hybridized carbons (Fsp3) is 0.455. The lowest BCUT2D eigenvalue weighted by Gasteiger charge is -2.38. The molecule has 0 saturated heterocycles. The maximum absolute atomic E-state index is 9.86. The first-order valence-electron chi connectivity index (χ1n) is 9.22. The summed E-state index contributed by atoms with van der Waals surface area (Å²) in [6.45, 7) is 3.94. The van der Waals surface area contributed by atoms with Crippen LogP contribution in [0.4, 0.5) is 0 Å². The summed E-state index contributed by atoms with van der Waals surface area (Å²) in [6, 6.07) is 22.2. The van der Waals surface area contributed by atoms with Gasteiger partial charge in [-0.3, -0.25) is 4.90 Å². The van der Waals surface area contributed by atoms with Crippen molar-refractivity contribution < 1.29 is 5.11 Å². The molecule has 3 rings (SSSR count). The van der Waals surface area contributed by atoms with Crippen LogP contribution in [-0.4, -0.2) is 22.2 Å². The van der Waals surface area contributed by atoms with Gasteiger partial charge in [0, 0.05) is 19.1 Å². The maximum Gasteiger partial charge on any atom is 0.0540 e. The third-order valence-corrected chi connectivity index (χ3v) is 5.40. The van der Waals surface area contributed by atoms with Gasteiger partial charge in [0.1, 0.15) is 0 Å². The van der Waals surface area contributed by atoms with Crippen molar-refractivity contribution in [2.45, 2.75) is 57.8 Å². The Labute approximate surface area is 146 Å². The van der Waals surface area contributed by atoms with E-state index in [0.717, 1.165) is 25.9 Å². The molecule has 2 aromatic carbocycles. The second-order valence-corrected chi connectivity index (χ2v) is 7.19. The third-order valence-electron chi connectivity index (χ3n) is 5.40. The molecule has 2 heteroatoms. The molecule has 2 nitrogen and oxygen atoms in total. The highest BCUT2D eigenvalue weighted by molar-refractivity contribution is 5.17. The molecular formula is C22H29NO. The summed E-state index contributed by atoms with van der Waals surface area (Å²) in [6.07, 6.45) is 4.50. The number of benzene rings is 2. The standard InChI is InChI=1S/C22H29NO/c1-18(24)21-12-14-22(15-13-21)23(16-19-8-4-2-5-9-19)17-20-10-6-3-7-11-20/h2-11,18,21-22,24H,12-17H2,1H3/t18-,21?,22?/m1/s1. The van der Waals surface area contributed by atoms with Gasteiger partial charge < -0.3 is 5.11 Å². The third kappa shape index (κ3) is 4.68. The first-order valence-corrected chi connectivity index (χ1v) is 9.22. The Morgan fingerprint density at radius 2 is 1.29 bits per heavy atom. The van der Waals surface area contributed by atoms with Crippen molar-refractivity contribution in [2.24, 2.45) is 5.92 Å². The zero-order valence-corrected chi connectivity index (χ0v) is 14.6. The van der Waals surface area contributed by atoms with Crippen molar-refractivity contribution in [3.05, 3.63) is 71.8 Å². The quantitative estimate of drug-likeness (QED) is 0.838. The van der Waals surface area contributed by atoms with Crippen LogP contribution in [0.3, 0.4) is 0 Å². The largest absolute Gasteiger partial charge is 0.393 e. The van der Waals surface area contributed by atoms with Gasteiger partial charge in [-0.05, 0) is 49.7 Å². The summed E-state index contributed by atoms with van der Waals surface area (Å²) < 4.78 is 0. The molecular weight excluding hydrogens is 294 g/mol. The fourth-order valence-corrected chi connectivity index (χ4v) is 3.90. The van der Waals surface area contributed by atoms with Crippen LogP contribution in [0.1, 0.15) is 43.7 Å². The zero-order chi connectivity index (χ0) is 16.8. The Balaban J connectivity index is 1.70. The average molecular weight is 323 g/mol. The summed E-state index contributed by atoms with van der Waals surface area (Å²) in [5, 5.41) is 9.86. The summed E-state index contributed by atoms with van der Waals surface area (Å²) in [5.74, 6) is 0.483. The first kappa shape index (κ1) is 17.2. The minimum atomic E-state index is -0.164. The van der Waals surface area contributed by atoms with Crippen molar-refractivity contribution in [1.29, 1.82) is 0 Å². The number of nitrogens with zero attached hydrogens (tertiary/aromatic N) is 1. The highest BCUT2D eigenvalue weighted by Gasteiger charge is 2.28. The monoisotopic (exact) mass is 323 g/mol. The van der Waals surface area contributed by atoms with Crippen molar-refractivity contribution in [3.63, 3.8) is 0 Å². The van der Waals surface area contributed by atoms with E-state index in [1.54, 1.807) is 0 Å². The molecule has 1 N–H and O–H groups in total. The van der Waals surface area contributed by atoms with Gasteiger partial charge in [0.2, 0.25) is 0 Å². The lowest BCUT2D eigenvalue weighted by Crippen LogP contribution is -2.38. The second kappa shape index (κ2) is 8.46. The number of rotatable bonds is 6. The van der Waals surface area contributed by atoms with Crippen LogP contribution in [0.25, 0.3) is 0 Å². The minimum absolute atomic E-state index is 0.164. The SMILES string of the molecule is C[C@@H](O)C1CCC(N(Cc2ccccc2)Cc2ccccc2)CC1. The van der Waals surface area contributed by atoms with E-state index in [1.165, 1.54) is 24.0 Å². The van der Waals surface area contributed by atoms with E-state index in [0.29, 0.717) is 12.0 Å². The summed E-state index contributed by atoms with van der Waals surface area (Å²) >= 11 is 0. The molecule has 1 aliphatic rings. The van der Waals surface area contributed by atoms with Gasteiger partial charge in [-0.1, -0.05) is 60.7 Å². The Morgan fingerprint density at radius 1 is 0.833 bits per heavy atom. The lowest BCUT2D eigenvalue weighted by molar-refractivity contribution is 0.0610. The van der Waals surface area contributed by atoms with E-state index >= 15 is 0 Å². The van der Waals surface area contributed by atoms with Gasteiger partial charge in [-0.15, -0.1) is 0 Å². The predicted octanol–water partition coefficient (Wildman–Crippen LogP) is 4.63. The van der Waals surface area contributed by atoms with Crippen molar-refractivity contribution in [1.82, 2.24) is 4.90 Å². The van der Waals surface area contributed by atoms with E-state index in [-0.39, 0.29) is 6.10 Å². The molecule has 0 aliphatic heterocycles. The topological polar surface area (TPSA) is 23.5 Å². The molecule has 24 heavy (non-hydrogen) atoms. The number of aliphatic hydroxyl groups excluding tert-OH is 1. The van der Waals surface area contributed by atoms with Crippen LogP contribution in [-0.2, 0) is 13.1 Å². The Morgan fingerprint density at radius 3 is 1.71 bits per heavy atom. The molecule has 0 amide bonds. The van der Waals surface area contributed by atoms with Gasteiger partial charge in [-0.25, -0.2) is 0 Å². The van der Waals surface area contributed by atoms with E-state index in [1.807, 2.05) is 6.92 Å². The fourth-order valence-electron chi connectivity index (χ4n) is 3.90. The van der Waals surface area contributed by atoms with Crippen molar-refractivity contribution >= 4 is 0 Å². The Bertz CT molecular complexity index is 546. The maximum atomic E-state index is 9.86. The van der Waals surface area contributed by atoms with Crippen molar-refractivity contribution in [2.75, 3.05) is 0 Å². The van der Waals surface area contributed by atoms with Gasteiger partial charge >= 0.3 is 0 Å². The molecule has 0 aromatic heterocycles. The molecule has 0 bridgehead atoms. The van der Waals surface area contributed by atoms with Crippen LogP contribution in [0, 0.1) is 5.92 Å². The minimum Gasteiger partial charge on any atom is -0.393 e. The predicted molar refractivity (Wildman–Crippen MR) is 99.6 cm³/mol. The summed E-state index contributed by atoms with van der Waals surface area (Å²) in [7, 11) is 0. The molecule has 0 heterocycles. The van der Waals surface area contributed by atoms with Gasteiger partial charge in [0.25, 0.3) is 0 Å². The molecule has 0 spiro atoms. The second-order valence-electron chi connectivity index (χ2n) is 7.19. The molecule has 1 atom stereocenters. The Hall–Kier alpha value is -1.64. The number of aliphatic hydroxyl groups is 1. The van der Waals surface area contributed by atoms with E-state index < -0.39 is 0 Å². The van der Waals surface area contributed by atoms with Crippen LogP contribution in [0.15, 0.2) is 60.7 Å². The number of hydrogen-bond donors (Lipinski definition) is 1. The highest BCUT2D eigenvalue weighted by Crippen LogP contribution is 2.31. The summed E-state index contributed by atoms with van der Waals surface area (Å²) in [4.78, 5) is 2.63. The molecule has 1 fully saturated rings. The van der Waals surface area contributed by atoms with Gasteiger partial charge in [0.15, 0.2) is 0 Å². The van der Waals surface area contributed by atoms with Crippen molar-refractivity contribution in [3.8, 4) is 0 Å². The molecule has 0 radical (unpaired) electrons. The lowest BCUT2D eigenvalue weighted by atomic mass is 9.82. The zero-order valence-electron chi connectivity index (χ0n) is 14.6. The molecule has 2 aromatic rings. The molecule has 1 aliphatic carbocycles. The van der Waals surface area contributed by atoms with Gasteiger partial charge in [-0.2, -0.15) is 0 Å². The van der Waals surface area contributed by atoms with Crippen LogP contribution in [0.2, 0.25) is 0 Å². The first-order chi connectivity index (χ1) is 11.7. The van der Waals surface area contributed by atoms with Crippen LogP contribution < -0.4 is 0 Å². The Kier molecular flexibility index (Phi) is 6.06. The van der Waals surface area contributed by atoms with E-state index in [9.17, 15) is 5.11 Å². The molecule has 128 valence electrons. The average Bonchev–Trinajstić information content (AvgIpc) is 2.63. The summed E-state index contributed by atoms with van der Waals surface area (Å²) in [5.41, 5.74) is 2.76. The molecule has 0 unspecified atom stereocenters. The van der Waals surface area contributed by atoms with E-state index in [2.05, 4.69) is 65.6 Å². The molecule has 1 saturated carbocycles. The smallest absolute Gasteiger partial charge is 0.0540 e. The normalized spacial score (nSPS) is 22.5.